The molecular weight excluding hydrogens is 250 g/mol. The Balaban J connectivity index is 1.77. The first-order valence-electron chi connectivity index (χ1n) is 5.91. The normalized spacial score (nSPS) is 12.1. The molecule has 0 saturated heterocycles. The molecule has 1 heterocycles. The number of carbonyl (C=O) groups excluding carboxylic acids is 2. The van der Waals surface area contributed by atoms with E-state index in [2.05, 4.69) is 10.1 Å². The van der Waals surface area contributed by atoms with E-state index in [4.69, 9.17) is 9.47 Å². The number of nitrogens with one attached hydrogen (secondary N) is 1. The number of methoxy groups -OCH3 is 1. The van der Waals surface area contributed by atoms with E-state index in [1.807, 2.05) is 18.2 Å². The summed E-state index contributed by atoms with van der Waals surface area (Å²) in [6.07, 6.45) is 0.404. The van der Waals surface area contributed by atoms with Crippen molar-refractivity contribution in [1.29, 1.82) is 0 Å². The van der Waals surface area contributed by atoms with Gasteiger partial charge in [0.15, 0.2) is 11.5 Å². The van der Waals surface area contributed by atoms with E-state index in [-0.39, 0.29) is 19.1 Å². The fraction of sp³-hybridized carbons (Fsp3) is 0.385. The molecule has 6 heteroatoms. The molecule has 1 aromatic rings. The Hall–Kier alpha value is -2.24. The number of amides is 1. The summed E-state index contributed by atoms with van der Waals surface area (Å²) in [6, 6.07) is 5.64. The van der Waals surface area contributed by atoms with Gasteiger partial charge in [0.1, 0.15) is 6.42 Å². The van der Waals surface area contributed by atoms with Gasteiger partial charge in [-0.3, -0.25) is 9.59 Å². The third-order valence-corrected chi connectivity index (χ3v) is 2.71. The molecule has 0 bridgehead atoms. The first kappa shape index (κ1) is 13.2. The first-order chi connectivity index (χ1) is 9.19. The minimum absolute atomic E-state index is 0.245. The van der Waals surface area contributed by atoms with Crippen molar-refractivity contribution >= 4 is 11.9 Å². The van der Waals surface area contributed by atoms with Crippen LogP contribution in [0.2, 0.25) is 0 Å². The third kappa shape index (κ3) is 3.61. The van der Waals surface area contributed by atoms with Gasteiger partial charge in [0.25, 0.3) is 0 Å². The number of hydrogen-bond acceptors (Lipinski definition) is 5. The van der Waals surface area contributed by atoms with Gasteiger partial charge in [0.05, 0.1) is 7.11 Å². The van der Waals surface area contributed by atoms with Crippen molar-refractivity contribution in [3.05, 3.63) is 23.8 Å². The summed E-state index contributed by atoms with van der Waals surface area (Å²) >= 11 is 0. The summed E-state index contributed by atoms with van der Waals surface area (Å²) in [6.45, 7) is 0.699. The van der Waals surface area contributed by atoms with E-state index in [0.717, 1.165) is 17.1 Å². The average Bonchev–Trinajstić information content (AvgIpc) is 2.86. The van der Waals surface area contributed by atoms with Gasteiger partial charge in [0, 0.05) is 6.54 Å². The molecule has 2 rings (SSSR count). The Bertz CT molecular complexity index is 486. The highest BCUT2D eigenvalue weighted by molar-refractivity contribution is 5.94. The van der Waals surface area contributed by atoms with Crippen LogP contribution in [0.25, 0.3) is 0 Å². The summed E-state index contributed by atoms with van der Waals surface area (Å²) in [5, 5.41) is 2.65. The monoisotopic (exact) mass is 265 g/mol. The fourth-order valence-electron chi connectivity index (χ4n) is 1.71. The highest BCUT2D eigenvalue weighted by atomic mass is 16.7. The molecule has 0 fully saturated rings. The Morgan fingerprint density at radius 2 is 2.11 bits per heavy atom. The van der Waals surface area contributed by atoms with Gasteiger partial charge in [0.2, 0.25) is 12.7 Å². The van der Waals surface area contributed by atoms with E-state index in [9.17, 15) is 9.59 Å². The van der Waals surface area contributed by atoms with Gasteiger partial charge in [-0.15, -0.1) is 0 Å². The lowest BCUT2D eigenvalue weighted by atomic mass is 10.1. The maximum Gasteiger partial charge on any atom is 0.315 e. The Morgan fingerprint density at radius 3 is 2.89 bits per heavy atom. The van der Waals surface area contributed by atoms with Crippen LogP contribution >= 0.6 is 0 Å². The zero-order valence-corrected chi connectivity index (χ0v) is 10.6. The molecule has 0 atom stereocenters. The lowest BCUT2D eigenvalue weighted by Crippen LogP contribution is -2.28. The van der Waals surface area contributed by atoms with Gasteiger partial charge in [-0.1, -0.05) is 6.07 Å². The molecule has 0 spiro atoms. The molecule has 0 aromatic heterocycles. The molecule has 1 aromatic carbocycles. The molecule has 0 aliphatic carbocycles. The quantitative estimate of drug-likeness (QED) is 0.624. The molecule has 0 radical (unpaired) electrons. The van der Waals surface area contributed by atoms with Crippen LogP contribution in [0.4, 0.5) is 0 Å². The van der Waals surface area contributed by atoms with Crippen molar-refractivity contribution in [2.75, 3.05) is 20.4 Å². The van der Waals surface area contributed by atoms with Crippen LogP contribution in [-0.4, -0.2) is 32.3 Å². The zero-order chi connectivity index (χ0) is 13.7. The SMILES string of the molecule is COC(=O)CC(=O)NCCc1ccc2c(c1)OCO2. The topological polar surface area (TPSA) is 73.9 Å². The van der Waals surface area contributed by atoms with E-state index < -0.39 is 5.97 Å². The van der Waals surface area contributed by atoms with Gasteiger partial charge >= 0.3 is 5.97 Å². The summed E-state index contributed by atoms with van der Waals surface area (Å²) in [7, 11) is 1.25. The van der Waals surface area contributed by atoms with Crippen molar-refractivity contribution in [3.63, 3.8) is 0 Å². The minimum Gasteiger partial charge on any atom is -0.469 e. The molecule has 19 heavy (non-hydrogen) atoms. The molecule has 1 amide bonds. The molecule has 0 unspecified atom stereocenters. The van der Waals surface area contributed by atoms with Crippen molar-refractivity contribution < 1.29 is 23.8 Å². The van der Waals surface area contributed by atoms with Crippen LogP contribution in [0.3, 0.4) is 0 Å². The van der Waals surface area contributed by atoms with Crippen LogP contribution in [0.15, 0.2) is 18.2 Å². The van der Waals surface area contributed by atoms with Crippen molar-refractivity contribution in [2.45, 2.75) is 12.8 Å². The first-order valence-corrected chi connectivity index (χ1v) is 5.91. The fourth-order valence-corrected chi connectivity index (χ4v) is 1.71. The highest BCUT2D eigenvalue weighted by Gasteiger charge is 2.13. The van der Waals surface area contributed by atoms with E-state index in [1.165, 1.54) is 7.11 Å². The van der Waals surface area contributed by atoms with Crippen molar-refractivity contribution in [1.82, 2.24) is 5.32 Å². The number of carbonyl (C=O) groups is 2. The number of rotatable bonds is 5. The second-order valence-electron chi connectivity index (χ2n) is 4.04. The second-order valence-corrected chi connectivity index (χ2v) is 4.04. The third-order valence-electron chi connectivity index (χ3n) is 2.71. The maximum atomic E-state index is 11.3. The molecule has 1 N–H and O–H groups in total. The van der Waals surface area contributed by atoms with Gasteiger partial charge < -0.3 is 19.5 Å². The Labute approximate surface area is 110 Å². The average molecular weight is 265 g/mol. The van der Waals surface area contributed by atoms with Crippen LogP contribution in [0.1, 0.15) is 12.0 Å². The molecule has 1 aliphatic heterocycles. The maximum absolute atomic E-state index is 11.3. The van der Waals surface area contributed by atoms with Crippen LogP contribution in [0.5, 0.6) is 11.5 Å². The van der Waals surface area contributed by atoms with Gasteiger partial charge in [-0.2, -0.15) is 0 Å². The predicted octanol–water partition coefficient (Wildman–Crippen LogP) is 0.637. The van der Waals surface area contributed by atoms with Gasteiger partial charge in [-0.05, 0) is 24.1 Å². The Kier molecular flexibility index (Phi) is 4.22. The van der Waals surface area contributed by atoms with Crippen LogP contribution in [0, 0.1) is 0 Å². The van der Waals surface area contributed by atoms with Gasteiger partial charge in [-0.25, -0.2) is 0 Å². The van der Waals surface area contributed by atoms with E-state index in [1.54, 1.807) is 0 Å². The van der Waals surface area contributed by atoms with Crippen LogP contribution in [-0.2, 0) is 20.7 Å². The predicted molar refractivity (Wildman–Crippen MR) is 65.9 cm³/mol. The standard InChI is InChI=1S/C13H15NO5/c1-17-13(16)7-12(15)14-5-4-9-2-3-10-11(6-9)19-8-18-10/h2-3,6H,4-5,7-8H2,1H3,(H,14,15). The molecule has 6 nitrogen and oxygen atoms in total. The molecule has 0 saturated carbocycles. The number of ether oxygens (including phenoxy) is 3. The van der Waals surface area contributed by atoms with E-state index >= 15 is 0 Å². The van der Waals surface area contributed by atoms with Crippen LogP contribution < -0.4 is 14.8 Å². The second kappa shape index (κ2) is 6.08. The summed E-state index contributed by atoms with van der Waals surface area (Å²) in [5.74, 6) is 0.574. The lowest BCUT2D eigenvalue weighted by molar-refractivity contribution is -0.143. The molecule has 102 valence electrons. The van der Waals surface area contributed by atoms with Crippen molar-refractivity contribution in [2.24, 2.45) is 0 Å². The minimum atomic E-state index is -0.541. The molecular formula is C13H15NO5. The number of benzene rings is 1. The summed E-state index contributed by atoms with van der Waals surface area (Å²) in [4.78, 5) is 22.2. The summed E-state index contributed by atoms with van der Waals surface area (Å²) < 4.78 is 14.9. The van der Waals surface area contributed by atoms with E-state index in [0.29, 0.717) is 13.0 Å². The lowest BCUT2D eigenvalue weighted by Gasteiger charge is -2.05. The number of esters is 1. The highest BCUT2D eigenvalue weighted by Crippen LogP contribution is 2.32. The smallest absolute Gasteiger partial charge is 0.315 e. The van der Waals surface area contributed by atoms with Crippen molar-refractivity contribution in [3.8, 4) is 11.5 Å². The summed E-state index contributed by atoms with van der Waals surface area (Å²) in [5.41, 5.74) is 1.03. The largest absolute Gasteiger partial charge is 0.469 e. The number of hydrogen-bond donors (Lipinski definition) is 1. The zero-order valence-electron chi connectivity index (χ0n) is 10.6. The molecule has 1 aliphatic rings. The number of fused-ring (bicyclic) bond motifs is 1. The Morgan fingerprint density at radius 1 is 1.32 bits per heavy atom.